The largest absolute Gasteiger partial charge is 0.294 e. The Labute approximate surface area is 88.7 Å². The first-order valence-corrected chi connectivity index (χ1v) is 5.12. The summed E-state index contributed by atoms with van der Waals surface area (Å²) in [6.07, 6.45) is 0. The topological polar surface area (TPSA) is 34.9 Å². The van der Waals surface area contributed by atoms with E-state index in [1.54, 1.807) is 6.92 Å². The van der Waals surface area contributed by atoms with E-state index in [9.17, 15) is 4.79 Å². The molecule has 0 aliphatic carbocycles. The first kappa shape index (κ1) is 9.90. The highest BCUT2D eigenvalue weighted by Crippen LogP contribution is 2.22. The summed E-state index contributed by atoms with van der Waals surface area (Å²) < 4.78 is 1.93. The van der Waals surface area contributed by atoms with Crippen molar-refractivity contribution in [2.45, 2.75) is 27.3 Å². The standard InChI is InChI=1S/C12H14N2O/c1-4-14-8(2)12-10(9(3)15)6-5-7-11(12)13-14/h5-7H,4H2,1-3H3. The Morgan fingerprint density at radius 2 is 2.20 bits per heavy atom. The van der Waals surface area contributed by atoms with E-state index in [4.69, 9.17) is 0 Å². The average Bonchev–Trinajstić information content (AvgIpc) is 2.55. The van der Waals surface area contributed by atoms with Crippen LogP contribution in [0.3, 0.4) is 0 Å². The van der Waals surface area contributed by atoms with E-state index in [0.29, 0.717) is 0 Å². The van der Waals surface area contributed by atoms with Crippen LogP contribution in [0.15, 0.2) is 18.2 Å². The van der Waals surface area contributed by atoms with E-state index in [-0.39, 0.29) is 5.78 Å². The van der Waals surface area contributed by atoms with Gasteiger partial charge in [-0.3, -0.25) is 9.48 Å². The number of hydrogen-bond donors (Lipinski definition) is 0. The third-order valence-corrected chi connectivity index (χ3v) is 2.70. The first-order valence-electron chi connectivity index (χ1n) is 5.12. The minimum Gasteiger partial charge on any atom is -0.294 e. The zero-order valence-corrected chi connectivity index (χ0v) is 9.24. The maximum atomic E-state index is 11.5. The lowest BCUT2D eigenvalue weighted by Crippen LogP contribution is -1.98. The van der Waals surface area contributed by atoms with Gasteiger partial charge in [-0.25, -0.2) is 0 Å². The quantitative estimate of drug-likeness (QED) is 0.701. The lowest BCUT2D eigenvalue weighted by atomic mass is 10.1. The molecule has 0 atom stereocenters. The molecule has 1 heterocycles. The van der Waals surface area contributed by atoms with Gasteiger partial charge in [0.2, 0.25) is 0 Å². The maximum Gasteiger partial charge on any atom is 0.160 e. The van der Waals surface area contributed by atoms with Gasteiger partial charge in [-0.1, -0.05) is 12.1 Å². The molecule has 15 heavy (non-hydrogen) atoms. The number of hydrogen-bond acceptors (Lipinski definition) is 2. The highest BCUT2D eigenvalue weighted by atomic mass is 16.1. The van der Waals surface area contributed by atoms with Gasteiger partial charge in [0.25, 0.3) is 0 Å². The maximum absolute atomic E-state index is 11.5. The lowest BCUT2D eigenvalue weighted by Gasteiger charge is -2.00. The van der Waals surface area contributed by atoms with Crippen LogP contribution in [0, 0.1) is 6.92 Å². The van der Waals surface area contributed by atoms with Gasteiger partial charge in [0.1, 0.15) is 0 Å². The Balaban J connectivity index is 2.84. The number of fused-ring (bicyclic) bond motifs is 1. The Hall–Kier alpha value is -1.64. The second-order valence-corrected chi connectivity index (χ2v) is 3.66. The summed E-state index contributed by atoms with van der Waals surface area (Å²) in [7, 11) is 0. The molecule has 0 spiro atoms. The van der Waals surface area contributed by atoms with Crippen LogP contribution in [0.4, 0.5) is 0 Å². The molecule has 0 amide bonds. The van der Waals surface area contributed by atoms with Gasteiger partial charge in [-0.2, -0.15) is 5.10 Å². The monoisotopic (exact) mass is 202 g/mol. The van der Waals surface area contributed by atoms with Crippen LogP contribution in [0.1, 0.15) is 29.9 Å². The van der Waals surface area contributed by atoms with Gasteiger partial charge in [-0.15, -0.1) is 0 Å². The van der Waals surface area contributed by atoms with Crippen molar-refractivity contribution < 1.29 is 4.79 Å². The molecule has 1 aromatic heterocycles. The Bertz CT molecular complexity index is 526. The number of carbonyl (C=O) groups excluding carboxylic acids is 1. The molecule has 0 aliphatic rings. The van der Waals surface area contributed by atoms with Crippen molar-refractivity contribution in [2.24, 2.45) is 0 Å². The van der Waals surface area contributed by atoms with Crippen LogP contribution in [0.5, 0.6) is 0 Å². The number of aryl methyl sites for hydroxylation is 2. The highest BCUT2D eigenvalue weighted by Gasteiger charge is 2.12. The molecular formula is C12H14N2O. The Morgan fingerprint density at radius 3 is 2.80 bits per heavy atom. The first-order chi connectivity index (χ1) is 7.15. The van der Waals surface area contributed by atoms with Crippen LogP contribution in [-0.2, 0) is 6.54 Å². The summed E-state index contributed by atoms with van der Waals surface area (Å²) in [6, 6.07) is 5.69. The molecule has 78 valence electrons. The number of aromatic nitrogens is 2. The van der Waals surface area contributed by atoms with Crippen LogP contribution >= 0.6 is 0 Å². The predicted molar refractivity (Wildman–Crippen MR) is 60.1 cm³/mol. The van der Waals surface area contributed by atoms with E-state index in [1.807, 2.05) is 36.7 Å². The van der Waals surface area contributed by atoms with E-state index in [1.165, 1.54) is 0 Å². The molecule has 1 aromatic carbocycles. The minimum absolute atomic E-state index is 0.0966. The molecule has 0 saturated heterocycles. The molecule has 2 aromatic rings. The SMILES string of the molecule is CCn1nc2cccc(C(C)=O)c2c1C. The van der Waals surface area contributed by atoms with Gasteiger partial charge >= 0.3 is 0 Å². The molecule has 3 heteroatoms. The third-order valence-electron chi connectivity index (χ3n) is 2.70. The second-order valence-electron chi connectivity index (χ2n) is 3.66. The normalized spacial score (nSPS) is 10.9. The van der Waals surface area contributed by atoms with E-state index in [2.05, 4.69) is 5.10 Å². The predicted octanol–water partition coefficient (Wildman–Crippen LogP) is 2.57. The van der Waals surface area contributed by atoms with Crippen LogP contribution in [0.2, 0.25) is 0 Å². The molecule has 0 aliphatic heterocycles. The number of benzene rings is 1. The molecule has 0 fully saturated rings. The molecule has 0 bridgehead atoms. The smallest absolute Gasteiger partial charge is 0.160 e. The average molecular weight is 202 g/mol. The second kappa shape index (κ2) is 3.50. The molecule has 0 saturated carbocycles. The summed E-state index contributed by atoms with van der Waals surface area (Å²) in [5.41, 5.74) is 2.74. The molecule has 0 N–H and O–H groups in total. The Morgan fingerprint density at radius 1 is 1.47 bits per heavy atom. The third kappa shape index (κ3) is 1.44. The molecule has 0 radical (unpaired) electrons. The van der Waals surface area contributed by atoms with Gasteiger partial charge in [-0.05, 0) is 26.8 Å². The van der Waals surface area contributed by atoms with Crippen molar-refractivity contribution >= 4 is 16.7 Å². The van der Waals surface area contributed by atoms with E-state index < -0.39 is 0 Å². The van der Waals surface area contributed by atoms with Crippen molar-refractivity contribution in [2.75, 3.05) is 0 Å². The van der Waals surface area contributed by atoms with E-state index in [0.717, 1.165) is 28.7 Å². The Kier molecular flexibility index (Phi) is 2.31. The number of Topliss-reactive ketones (excluding diaryl/α,β-unsaturated/α-hetero) is 1. The summed E-state index contributed by atoms with van der Waals surface area (Å²) in [5, 5.41) is 5.43. The van der Waals surface area contributed by atoms with Crippen molar-refractivity contribution in [3.05, 3.63) is 29.5 Å². The summed E-state index contributed by atoms with van der Waals surface area (Å²) in [5.74, 6) is 0.0966. The number of nitrogens with zero attached hydrogens (tertiary/aromatic N) is 2. The van der Waals surface area contributed by atoms with Crippen molar-refractivity contribution in [3.8, 4) is 0 Å². The molecular weight excluding hydrogens is 188 g/mol. The number of carbonyl (C=O) groups is 1. The molecule has 3 nitrogen and oxygen atoms in total. The summed E-state index contributed by atoms with van der Waals surface area (Å²) in [4.78, 5) is 11.5. The summed E-state index contributed by atoms with van der Waals surface area (Å²) >= 11 is 0. The van der Waals surface area contributed by atoms with Crippen LogP contribution in [-0.4, -0.2) is 15.6 Å². The minimum atomic E-state index is 0.0966. The molecule has 2 rings (SSSR count). The van der Waals surface area contributed by atoms with Gasteiger partial charge in [0, 0.05) is 23.2 Å². The molecule has 0 unspecified atom stereocenters. The van der Waals surface area contributed by atoms with Crippen molar-refractivity contribution in [3.63, 3.8) is 0 Å². The zero-order chi connectivity index (χ0) is 11.0. The van der Waals surface area contributed by atoms with Crippen LogP contribution < -0.4 is 0 Å². The highest BCUT2D eigenvalue weighted by molar-refractivity contribution is 6.07. The van der Waals surface area contributed by atoms with Gasteiger partial charge in [0.15, 0.2) is 5.78 Å². The van der Waals surface area contributed by atoms with Crippen LogP contribution in [0.25, 0.3) is 10.9 Å². The fourth-order valence-electron chi connectivity index (χ4n) is 1.94. The zero-order valence-electron chi connectivity index (χ0n) is 9.24. The number of rotatable bonds is 2. The lowest BCUT2D eigenvalue weighted by molar-refractivity contribution is 0.101. The fraction of sp³-hybridized carbons (Fsp3) is 0.333. The van der Waals surface area contributed by atoms with Crippen molar-refractivity contribution in [1.29, 1.82) is 0 Å². The van der Waals surface area contributed by atoms with Gasteiger partial charge < -0.3 is 0 Å². The summed E-state index contributed by atoms with van der Waals surface area (Å²) in [6.45, 7) is 6.48. The van der Waals surface area contributed by atoms with E-state index >= 15 is 0 Å². The fourth-order valence-corrected chi connectivity index (χ4v) is 1.94. The van der Waals surface area contributed by atoms with Crippen molar-refractivity contribution in [1.82, 2.24) is 9.78 Å². The number of ketones is 1. The van der Waals surface area contributed by atoms with Gasteiger partial charge in [0.05, 0.1) is 5.52 Å².